The summed E-state index contributed by atoms with van der Waals surface area (Å²) in [6.07, 6.45) is 5.16. The zero-order valence-corrected chi connectivity index (χ0v) is 14.1. The third-order valence-corrected chi connectivity index (χ3v) is 4.93. The molecule has 0 aliphatic heterocycles. The van der Waals surface area contributed by atoms with Gasteiger partial charge in [-0.3, -0.25) is 0 Å². The number of nitrogens with two attached hydrogens (primary N) is 1. The number of aromatic nitrogens is 3. The number of halogens is 2. The van der Waals surface area contributed by atoms with Crippen LogP contribution in [0, 0.1) is 5.92 Å². The minimum Gasteiger partial charge on any atom is -0.381 e. The van der Waals surface area contributed by atoms with Crippen molar-refractivity contribution in [2.45, 2.75) is 57.1 Å². The summed E-state index contributed by atoms with van der Waals surface area (Å²) in [4.78, 5) is 4.57. The second-order valence-electron chi connectivity index (χ2n) is 6.80. The summed E-state index contributed by atoms with van der Waals surface area (Å²) >= 11 is 0. The molecule has 7 heteroatoms. The average Bonchev–Trinajstić information content (AvgIpc) is 2.97. The Labute approximate surface area is 140 Å². The van der Waals surface area contributed by atoms with Gasteiger partial charge in [0.25, 0.3) is 0 Å². The zero-order chi connectivity index (χ0) is 17.3. The maximum atomic E-state index is 13.3. The average molecular weight is 338 g/mol. The molecule has 2 aromatic rings. The van der Waals surface area contributed by atoms with E-state index in [0.29, 0.717) is 12.8 Å². The van der Waals surface area contributed by atoms with E-state index in [0.717, 1.165) is 23.3 Å². The Balaban J connectivity index is 1.75. The number of hydrogen-bond donors (Lipinski definition) is 1. The number of ether oxygens (including phenoxy) is 1. The highest BCUT2D eigenvalue weighted by Gasteiger charge is 2.37. The molecule has 2 heterocycles. The lowest BCUT2D eigenvalue weighted by Gasteiger charge is -2.31. The van der Waals surface area contributed by atoms with E-state index >= 15 is 0 Å². The first-order valence-corrected chi connectivity index (χ1v) is 8.38. The van der Waals surface area contributed by atoms with E-state index in [9.17, 15) is 8.78 Å². The van der Waals surface area contributed by atoms with Crippen LogP contribution >= 0.6 is 0 Å². The lowest BCUT2D eigenvalue weighted by Crippen LogP contribution is -2.31. The van der Waals surface area contributed by atoms with Crippen LogP contribution in [0.25, 0.3) is 5.65 Å². The van der Waals surface area contributed by atoms with Gasteiger partial charge in [0.05, 0.1) is 30.2 Å². The van der Waals surface area contributed by atoms with Gasteiger partial charge < -0.3 is 10.5 Å². The first kappa shape index (κ1) is 17.2. The van der Waals surface area contributed by atoms with Crippen LogP contribution in [0.15, 0.2) is 18.5 Å². The number of nitrogens with zero attached hydrogens (tertiary/aromatic N) is 3. The Hall–Kier alpha value is -1.60. The van der Waals surface area contributed by atoms with Gasteiger partial charge in [0, 0.05) is 26.4 Å². The number of fused-ring (bicyclic) bond motifs is 1. The topological polar surface area (TPSA) is 65.4 Å². The minimum atomic E-state index is -2.54. The van der Waals surface area contributed by atoms with E-state index in [1.165, 1.54) is 0 Å². The molecule has 1 fully saturated rings. The van der Waals surface area contributed by atoms with Gasteiger partial charge in [0.2, 0.25) is 5.92 Å². The molecular formula is C17H24F2N4O. The molecule has 24 heavy (non-hydrogen) atoms. The Bertz CT molecular complexity index is 693. The SMILES string of the molecule is CO[C@@H](C)Cc1cnn2cc([C@@H](N)C3CCC(F)(F)CC3)nc2c1. The second-order valence-corrected chi connectivity index (χ2v) is 6.80. The van der Waals surface area contributed by atoms with Crippen LogP contribution in [-0.2, 0) is 11.2 Å². The van der Waals surface area contributed by atoms with E-state index in [1.807, 2.05) is 13.0 Å². The smallest absolute Gasteiger partial charge is 0.248 e. The van der Waals surface area contributed by atoms with Gasteiger partial charge in [-0.15, -0.1) is 0 Å². The fourth-order valence-corrected chi connectivity index (χ4v) is 3.28. The summed E-state index contributed by atoms with van der Waals surface area (Å²) < 4.78 is 33.6. The normalized spacial score (nSPS) is 21.0. The van der Waals surface area contributed by atoms with Gasteiger partial charge in [0.1, 0.15) is 0 Å². The Kier molecular flexibility index (Phi) is 4.83. The van der Waals surface area contributed by atoms with Crippen LogP contribution in [0.2, 0.25) is 0 Å². The first-order valence-electron chi connectivity index (χ1n) is 8.38. The van der Waals surface area contributed by atoms with Crippen LogP contribution < -0.4 is 5.73 Å². The molecule has 0 bridgehead atoms. The second kappa shape index (κ2) is 6.72. The highest BCUT2D eigenvalue weighted by atomic mass is 19.3. The number of hydrogen-bond acceptors (Lipinski definition) is 4. The van der Waals surface area contributed by atoms with Crippen molar-refractivity contribution in [3.8, 4) is 0 Å². The monoisotopic (exact) mass is 338 g/mol. The lowest BCUT2D eigenvalue weighted by atomic mass is 9.81. The maximum absolute atomic E-state index is 13.3. The van der Waals surface area contributed by atoms with E-state index in [-0.39, 0.29) is 30.9 Å². The van der Waals surface area contributed by atoms with Gasteiger partial charge in [-0.25, -0.2) is 18.3 Å². The third-order valence-electron chi connectivity index (χ3n) is 4.93. The van der Waals surface area contributed by atoms with Crippen LogP contribution in [0.1, 0.15) is 49.9 Å². The Morgan fingerprint density at radius 3 is 2.79 bits per heavy atom. The third kappa shape index (κ3) is 3.72. The molecule has 0 aromatic carbocycles. The summed E-state index contributed by atoms with van der Waals surface area (Å²) in [5.41, 5.74) is 8.78. The molecule has 2 atom stereocenters. The first-order chi connectivity index (χ1) is 11.4. The molecular weight excluding hydrogens is 314 g/mol. The Morgan fingerprint density at radius 1 is 1.42 bits per heavy atom. The zero-order valence-electron chi connectivity index (χ0n) is 14.1. The van der Waals surface area contributed by atoms with Crippen molar-refractivity contribution in [3.63, 3.8) is 0 Å². The van der Waals surface area contributed by atoms with Gasteiger partial charge in [0.15, 0.2) is 5.65 Å². The molecule has 1 aliphatic rings. The van der Waals surface area contributed by atoms with E-state index < -0.39 is 5.92 Å². The molecule has 2 aromatic heterocycles. The van der Waals surface area contributed by atoms with Crippen LogP contribution in [-0.4, -0.2) is 33.7 Å². The van der Waals surface area contributed by atoms with Crippen LogP contribution in [0.5, 0.6) is 0 Å². The summed E-state index contributed by atoms with van der Waals surface area (Å²) in [6.45, 7) is 2.00. The molecule has 132 valence electrons. The fraction of sp³-hybridized carbons (Fsp3) is 0.647. The number of imidazole rings is 1. The standard InChI is InChI=1S/C17H24F2N4O/c1-11(24-2)7-12-8-15-22-14(10-23(15)21-9-12)16(20)13-3-5-17(18,19)6-4-13/h8-11,13,16H,3-7,20H2,1-2H3/t11-,16-/m0/s1. The van der Waals surface area contributed by atoms with E-state index in [2.05, 4.69) is 10.1 Å². The lowest BCUT2D eigenvalue weighted by molar-refractivity contribution is -0.0484. The molecule has 0 saturated heterocycles. The molecule has 0 spiro atoms. The summed E-state index contributed by atoms with van der Waals surface area (Å²) in [6, 6.07) is 1.64. The molecule has 0 unspecified atom stereocenters. The van der Waals surface area contributed by atoms with Crippen molar-refractivity contribution < 1.29 is 13.5 Å². The van der Waals surface area contributed by atoms with Crippen LogP contribution in [0.3, 0.4) is 0 Å². The van der Waals surface area contributed by atoms with Gasteiger partial charge >= 0.3 is 0 Å². The highest BCUT2D eigenvalue weighted by molar-refractivity contribution is 5.41. The molecule has 1 saturated carbocycles. The summed E-state index contributed by atoms with van der Waals surface area (Å²) in [5.74, 6) is -2.49. The number of methoxy groups -OCH3 is 1. The van der Waals surface area contributed by atoms with Crippen LogP contribution in [0.4, 0.5) is 8.78 Å². The summed E-state index contributed by atoms with van der Waals surface area (Å²) in [5, 5.41) is 4.36. The predicted octanol–water partition coefficient (Wildman–Crippen LogP) is 3.13. The maximum Gasteiger partial charge on any atom is 0.248 e. The summed E-state index contributed by atoms with van der Waals surface area (Å²) in [7, 11) is 1.68. The van der Waals surface area contributed by atoms with Crippen molar-refractivity contribution in [2.24, 2.45) is 11.7 Å². The Morgan fingerprint density at radius 2 is 2.12 bits per heavy atom. The van der Waals surface area contributed by atoms with Gasteiger partial charge in [-0.1, -0.05) is 0 Å². The molecule has 0 radical (unpaired) electrons. The van der Waals surface area contributed by atoms with Crippen molar-refractivity contribution in [1.29, 1.82) is 0 Å². The quantitative estimate of drug-likeness (QED) is 0.910. The predicted molar refractivity (Wildman–Crippen MR) is 87.0 cm³/mol. The highest BCUT2D eigenvalue weighted by Crippen LogP contribution is 2.40. The fourth-order valence-electron chi connectivity index (χ4n) is 3.28. The van der Waals surface area contributed by atoms with Crippen molar-refractivity contribution in [2.75, 3.05) is 7.11 Å². The van der Waals surface area contributed by atoms with E-state index in [4.69, 9.17) is 10.5 Å². The molecule has 0 amide bonds. The number of rotatable bonds is 5. The van der Waals surface area contributed by atoms with Gasteiger partial charge in [-0.05, 0) is 37.3 Å². The van der Waals surface area contributed by atoms with Gasteiger partial charge in [-0.2, -0.15) is 5.10 Å². The largest absolute Gasteiger partial charge is 0.381 e. The van der Waals surface area contributed by atoms with E-state index in [1.54, 1.807) is 24.0 Å². The van der Waals surface area contributed by atoms with Crippen molar-refractivity contribution in [1.82, 2.24) is 14.6 Å². The van der Waals surface area contributed by atoms with Crippen molar-refractivity contribution >= 4 is 5.65 Å². The number of alkyl halides is 2. The molecule has 3 rings (SSSR count). The minimum absolute atomic E-state index is 0.0440. The molecule has 5 nitrogen and oxygen atoms in total. The molecule has 1 aliphatic carbocycles. The molecule has 2 N–H and O–H groups in total. The van der Waals surface area contributed by atoms with Crippen molar-refractivity contribution in [3.05, 3.63) is 29.7 Å².